The van der Waals surface area contributed by atoms with Crippen molar-refractivity contribution < 1.29 is 17.6 Å². The molecule has 9 nitrogen and oxygen atoms in total. The van der Waals surface area contributed by atoms with Gasteiger partial charge >= 0.3 is 0 Å². The van der Waals surface area contributed by atoms with Crippen LogP contribution < -0.4 is 5.32 Å². The molecule has 158 valence electrons. The van der Waals surface area contributed by atoms with Crippen molar-refractivity contribution in [1.82, 2.24) is 19.4 Å². The summed E-state index contributed by atoms with van der Waals surface area (Å²) in [5.74, 6) is 0.843. The standard InChI is InChI=1S/C18H24ClN5O4S/c1-12-21-22-18(28-12)16-5-4-9-24(16)10-8-17(25)20-15-11-13(6-7-14(15)19)29(26,27)23(2)3/h6-7,11,16H,4-5,8-10H2,1-3H3,(H,20,25)/t16-/m0/s1. The van der Waals surface area contributed by atoms with Crippen LogP contribution >= 0.6 is 11.6 Å². The third-order valence-corrected chi connectivity index (χ3v) is 6.95. The van der Waals surface area contributed by atoms with Crippen LogP contribution in [0.15, 0.2) is 27.5 Å². The lowest BCUT2D eigenvalue weighted by atomic mass is 10.2. The third-order valence-electron chi connectivity index (χ3n) is 4.81. The molecule has 0 spiro atoms. The topological polar surface area (TPSA) is 109 Å². The van der Waals surface area contributed by atoms with Gasteiger partial charge in [-0.3, -0.25) is 9.69 Å². The van der Waals surface area contributed by atoms with Crippen molar-refractivity contribution in [3.05, 3.63) is 35.0 Å². The first-order chi connectivity index (χ1) is 13.7. The highest BCUT2D eigenvalue weighted by atomic mass is 35.5. The summed E-state index contributed by atoms with van der Waals surface area (Å²) < 4.78 is 31.2. The van der Waals surface area contributed by atoms with Crippen LogP contribution in [0.1, 0.15) is 37.1 Å². The van der Waals surface area contributed by atoms with Gasteiger partial charge in [-0.2, -0.15) is 0 Å². The van der Waals surface area contributed by atoms with Crippen molar-refractivity contribution in [2.45, 2.75) is 37.1 Å². The number of hydrogen-bond donors (Lipinski definition) is 1. The van der Waals surface area contributed by atoms with Crippen LogP contribution in [0.25, 0.3) is 0 Å². The number of anilines is 1. The van der Waals surface area contributed by atoms with Crippen molar-refractivity contribution in [2.75, 3.05) is 32.5 Å². The van der Waals surface area contributed by atoms with Crippen LogP contribution in [0.4, 0.5) is 5.69 Å². The average molecular weight is 442 g/mol. The first-order valence-electron chi connectivity index (χ1n) is 9.24. The smallest absolute Gasteiger partial charge is 0.242 e. The summed E-state index contributed by atoms with van der Waals surface area (Å²) in [4.78, 5) is 14.7. The van der Waals surface area contributed by atoms with Crippen LogP contribution in [0.2, 0.25) is 5.02 Å². The molecular weight excluding hydrogens is 418 g/mol. The van der Waals surface area contributed by atoms with Crippen molar-refractivity contribution in [1.29, 1.82) is 0 Å². The van der Waals surface area contributed by atoms with E-state index >= 15 is 0 Å². The summed E-state index contributed by atoms with van der Waals surface area (Å²) in [6, 6.07) is 4.26. The van der Waals surface area contributed by atoms with E-state index in [1.54, 1.807) is 6.92 Å². The fourth-order valence-corrected chi connectivity index (χ4v) is 4.34. The predicted molar refractivity (Wildman–Crippen MR) is 108 cm³/mol. The lowest BCUT2D eigenvalue weighted by Crippen LogP contribution is -2.28. The van der Waals surface area contributed by atoms with Crippen LogP contribution in [-0.2, 0) is 14.8 Å². The molecule has 29 heavy (non-hydrogen) atoms. The molecule has 0 aliphatic carbocycles. The first-order valence-corrected chi connectivity index (χ1v) is 11.1. The quantitative estimate of drug-likeness (QED) is 0.702. The number of sulfonamides is 1. The Kier molecular flexibility index (Phi) is 6.57. The number of nitrogens with one attached hydrogen (secondary N) is 1. The van der Waals surface area contributed by atoms with E-state index in [0.717, 1.165) is 23.7 Å². The van der Waals surface area contributed by atoms with Crippen LogP contribution in [0.3, 0.4) is 0 Å². The van der Waals surface area contributed by atoms with E-state index in [9.17, 15) is 13.2 Å². The Labute approximate surface area is 175 Å². The first kappa shape index (κ1) is 21.7. The second kappa shape index (κ2) is 8.78. The summed E-state index contributed by atoms with van der Waals surface area (Å²) in [5.41, 5.74) is 0.269. The van der Waals surface area contributed by atoms with Gasteiger partial charge in [0.15, 0.2) is 0 Å². The summed E-state index contributed by atoms with van der Waals surface area (Å²) in [5, 5.41) is 11.0. The number of hydrogen-bond acceptors (Lipinski definition) is 7. The monoisotopic (exact) mass is 441 g/mol. The Morgan fingerprint density at radius 3 is 2.79 bits per heavy atom. The summed E-state index contributed by atoms with van der Waals surface area (Å²) in [6.45, 7) is 3.11. The molecular formula is C18H24ClN5O4S. The molecule has 1 atom stereocenters. The Balaban J connectivity index is 1.64. The zero-order valence-corrected chi connectivity index (χ0v) is 18.1. The van der Waals surface area contributed by atoms with Crippen molar-refractivity contribution in [3.8, 4) is 0 Å². The Hall–Kier alpha value is -2.01. The zero-order valence-electron chi connectivity index (χ0n) is 16.6. The second-order valence-corrected chi connectivity index (χ2v) is 9.64. The van der Waals surface area contributed by atoms with Crippen LogP contribution in [0, 0.1) is 6.92 Å². The second-order valence-electron chi connectivity index (χ2n) is 7.08. The van der Waals surface area contributed by atoms with Gasteiger partial charge in [0, 0.05) is 34.0 Å². The molecule has 0 radical (unpaired) electrons. The normalized spacial score (nSPS) is 17.8. The maximum absolute atomic E-state index is 12.5. The van der Waals surface area contributed by atoms with E-state index in [0.29, 0.717) is 18.3 Å². The van der Waals surface area contributed by atoms with Gasteiger partial charge in [0.1, 0.15) is 0 Å². The Morgan fingerprint density at radius 1 is 1.38 bits per heavy atom. The van der Waals surface area contributed by atoms with Gasteiger partial charge in [-0.15, -0.1) is 10.2 Å². The number of amides is 1. The highest BCUT2D eigenvalue weighted by Crippen LogP contribution is 2.31. The maximum atomic E-state index is 12.5. The van der Waals surface area contributed by atoms with Gasteiger partial charge in [0.2, 0.25) is 27.7 Å². The molecule has 3 rings (SSSR count). The van der Waals surface area contributed by atoms with Gasteiger partial charge < -0.3 is 9.73 Å². The fourth-order valence-electron chi connectivity index (χ4n) is 3.25. The molecule has 1 aliphatic heterocycles. The number of carbonyl (C=O) groups is 1. The van der Waals surface area contributed by atoms with Gasteiger partial charge in [0.05, 0.1) is 21.6 Å². The van der Waals surface area contributed by atoms with E-state index in [1.165, 1.54) is 32.3 Å². The number of nitrogens with zero attached hydrogens (tertiary/aromatic N) is 4. The molecule has 0 saturated carbocycles. The number of benzene rings is 1. The molecule has 0 unspecified atom stereocenters. The molecule has 1 N–H and O–H groups in total. The molecule has 1 amide bonds. The third kappa shape index (κ3) is 4.95. The minimum absolute atomic E-state index is 0.0150. The van der Waals surface area contributed by atoms with Gasteiger partial charge in [-0.05, 0) is 37.6 Å². The number of carbonyl (C=O) groups excluding carboxylic acids is 1. The highest BCUT2D eigenvalue weighted by Gasteiger charge is 2.30. The van der Waals surface area contributed by atoms with Crippen molar-refractivity contribution >= 4 is 33.2 Å². The van der Waals surface area contributed by atoms with Gasteiger partial charge in [0.25, 0.3) is 0 Å². The summed E-state index contributed by atoms with van der Waals surface area (Å²) in [6.07, 6.45) is 2.12. The number of rotatable bonds is 7. The van der Waals surface area contributed by atoms with Gasteiger partial charge in [-0.1, -0.05) is 11.6 Å². The molecule has 1 aliphatic rings. The number of likely N-dealkylation sites (tertiary alicyclic amines) is 1. The SMILES string of the molecule is Cc1nnc([C@@H]2CCCN2CCC(=O)Nc2cc(S(=O)(=O)N(C)C)ccc2Cl)o1. The molecule has 2 heterocycles. The van der Waals surface area contributed by atoms with E-state index < -0.39 is 10.0 Å². The molecule has 1 aromatic heterocycles. The molecule has 11 heteroatoms. The molecule has 1 aromatic carbocycles. The zero-order chi connectivity index (χ0) is 21.2. The molecule has 0 bridgehead atoms. The maximum Gasteiger partial charge on any atom is 0.242 e. The largest absolute Gasteiger partial charge is 0.424 e. The Bertz CT molecular complexity index is 992. The predicted octanol–water partition coefficient (Wildman–Crippen LogP) is 2.45. The van der Waals surface area contributed by atoms with Crippen LogP contribution in [0.5, 0.6) is 0 Å². The average Bonchev–Trinajstić information content (AvgIpc) is 3.30. The number of aromatic nitrogens is 2. The number of aryl methyl sites for hydroxylation is 1. The molecule has 2 aromatic rings. The number of halogens is 1. The van der Waals surface area contributed by atoms with Crippen molar-refractivity contribution in [3.63, 3.8) is 0 Å². The van der Waals surface area contributed by atoms with E-state index in [2.05, 4.69) is 20.4 Å². The van der Waals surface area contributed by atoms with E-state index in [1.807, 2.05) is 0 Å². The molecule has 1 fully saturated rings. The molecule has 1 saturated heterocycles. The van der Waals surface area contributed by atoms with Crippen LogP contribution in [-0.4, -0.2) is 60.9 Å². The van der Waals surface area contributed by atoms with E-state index in [-0.39, 0.29) is 34.0 Å². The summed E-state index contributed by atoms with van der Waals surface area (Å²) >= 11 is 6.14. The Morgan fingerprint density at radius 2 is 2.14 bits per heavy atom. The van der Waals surface area contributed by atoms with E-state index in [4.69, 9.17) is 16.0 Å². The highest BCUT2D eigenvalue weighted by molar-refractivity contribution is 7.89. The summed E-state index contributed by atoms with van der Waals surface area (Å²) in [7, 11) is -0.733. The minimum atomic E-state index is -3.62. The van der Waals surface area contributed by atoms with Crippen molar-refractivity contribution in [2.24, 2.45) is 0 Å². The minimum Gasteiger partial charge on any atom is -0.424 e. The lowest BCUT2D eigenvalue weighted by Gasteiger charge is -2.21. The van der Waals surface area contributed by atoms with Gasteiger partial charge in [-0.25, -0.2) is 12.7 Å². The lowest BCUT2D eigenvalue weighted by molar-refractivity contribution is -0.116. The fraction of sp³-hybridized carbons (Fsp3) is 0.500.